The van der Waals surface area contributed by atoms with Crippen LogP contribution in [0.2, 0.25) is 0 Å². The smallest absolute Gasteiger partial charge is 0.126 e. The van der Waals surface area contributed by atoms with Crippen molar-refractivity contribution in [3.63, 3.8) is 0 Å². The van der Waals surface area contributed by atoms with Crippen LogP contribution in [0.4, 0.5) is 4.39 Å². The molecule has 13 heavy (non-hydrogen) atoms. The Kier molecular flexibility index (Phi) is 2.39. The zero-order valence-electron chi connectivity index (χ0n) is 7.41. The highest BCUT2D eigenvalue weighted by molar-refractivity contribution is 5.58. The third kappa shape index (κ3) is 1.77. The van der Waals surface area contributed by atoms with E-state index in [0.717, 1.165) is 24.9 Å². The lowest BCUT2D eigenvalue weighted by Gasteiger charge is -2.17. The first-order valence-corrected chi connectivity index (χ1v) is 4.60. The summed E-state index contributed by atoms with van der Waals surface area (Å²) in [5.41, 5.74) is 0.819. The third-order valence-corrected chi connectivity index (χ3v) is 2.44. The van der Waals surface area contributed by atoms with Crippen molar-refractivity contribution in [1.29, 1.82) is 0 Å². The minimum atomic E-state index is -0.0930. The van der Waals surface area contributed by atoms with E-state index < -0.39 is 0 Å². The number of aliphatic imine (C=N–C) groups is 1. The highest BCUT2D eigenvalue weighted by atomic mass is 19.1. The van der Waals surface area contributed by atoms with Gasteiger partial charge in [-0.2, -0.15) is 0 Å². The van der Waals surface area contributed by atoms with Crippen molar-refractivity contribution in [1.82, 2.24) is 0 Å². The Bertz CT molecular complexity index is 320. The molecule has 0 fully saturated rings. The molecule has 0 saturated heterocycles. The lowest BCUT2D eigenvalue weighted by molar-refractivity contribution is 0.557. The highest BCUT2D eigenvalue weighted by Gasteiger charge is 2.15. The molecular weight excluding hydrogens is 165 g/mol. The topological polar surface area (TPSA) is 12.4 Å². The summed E-state index contributed by atoms with van der Waals surface area (Å²) in [6.07, 6.45) is 3.92. The molecule has 1 nitrogen and oxygen atoms in total. The molecular formula is C11H12FN. The maximum Gasteiger partial charge on any atom is 0.126 e. The van der Waals surface area contributed by atoms with E-state index >= 15 is 0 Å². The van der Waals surface area contributed by atoms with Crippen molar-refractivity contribution < 1.29 is 4.39 Å². The summed E-state index contributed by atoms with van der Waals surface area (Å²) in [7, 11) is 0. The van der Waals surface area contributed by atoms with Crippen LogP contribution in [0.3, 0.4) is 0 Å². The fourth-order valence-corrected chi connectivity index (χ4v) is 1.72. The van der Waals surface area contributed by atoms with E-state index in [1.165, 1.54) is 6.07 Å². The van der Waals surface area contributed by atoms with Crippen molar-refractivity contribution in [2.24, 2.45) is 4.99 Å². The minimum Gasteiger partial charge on any atom is -0.297 e. The van der Waals surface area contributed by atoms with Crippen LogP contribution in [0.25, 0.3) is 0 Å². The van der Waals surface area contributed by atoms with Gasteiger partial charge in [0.25, 0.3) is 0 Å². The third-order valence-electron chi connectivity index (χ3n) is 2.44. The quantitative estimate of drug-likeness (QED) is 0.625. The number of rotatable bonds is 1. The summed E-state index contributed by atoms with van der Waals surface area (Å²) in [5.74, 6) is 0.191. The van der Waals surface area contributed by atoms with Gasteiger partial charge in [0.2, 0.25) is 0 Å². The second kappa shape index (κ2) is 3.69. The molecule has 2 rings (SSSR count). The van der Waals surface area contributed by atoms with Crippen LogP contribution >= 0.6 is 0 Å². The van der Waals surface area contributed by atoms with E-state index in [2.05, 4.69) is 4.99 Å². The molecule has 1 aliphatic rings. The SMILES string of the molecule is Fc1ccccc1C1CCC=NC1. The van der Waals surface area contributed by atoms with Crippen LogP contribution < -0.4 is 0 Å². The first-order chi connectivity index (χ1) is 6.38. The highest BCUT2D eigenvalue weighted by Crippen LogP contribution is 2.25. The lowest BCUT2D eigenvalue weighted by atomic mass is 9.92. The van der Waals surface area contributed by atoms with E-state index in [0.29, 0.717) is 0 Å². The molecule has 0 radical (unpaired) electrons. The summed E-state index contributed by atoms with van der Waals surface area (Å²) in [4.78, 5) is 4.18. The molecule has 0 N–H and O–H groups in total. The average molecular weight is 177 g/mol. The molecule has 1 atom stereocenters. The molecule has 68 valence electrons. The predicted molar refractivity (Wildman–Crippen MR) is 51.7 cm³/mol. The van der Waals surface area contributed by atoms with Crippen LogP contribution in [-0.2, 0) is 0 Å². The van der Waals surface area contributed by atoms with Crippen molar-refractivity contribution >= 4 is 6.21 Å². The van der Waals surface area contributed by atoms with Crippen LogP contribution in [0, 0.1) is 5.82 Å². The Balaban J connectivity index is 2.24. The van der Waals surface area contributed by atoms with Crippen LogP contribution in [-0.4, -0.2) is 12.8 Å². The van der Waals surface area contributed by atoms with Gasteiger partial charge < -0.3 is 0 Å². The van der Waals surface area contributed by atoms with Crippen molar-refractivity contribution in [3.05, 3.63) is 35.6 Å². The monoisotopic (exact) mass is 177 g/mol. The summed E-state index contributed by atoms with van der Waals surface area (Å²) >= 11 is 0. The predicted octanol–water partition coefficient (Wildman–Crippen LogP) is 2.77. The molecule has 1 heterocycles. The molecule has 2 heteroatoms. The normalized spacial score (nSPS) is 21.8. The molecule has 0 amide bonds. The second-order valence-corrected chi connectivity index (χ2v) is 3.34. The minimum absolute atomic E-state index is 0.0930. The van der Waals surface area contributed by atoms with E-state index in [4.69, 9.17) is 0 Å². The van der Waals surface area contributed by atoms with Gasteiger partial charge in [0.15, 0.2) is 0 Å². The molecule has 0 aliphatic carbocycles. The fourth-order valence-electron chi connectivity index (χ4n) is 1.72. The molecule has 1 aromatic rings. The molecule has 0 saturated carbocycles. The Morgan fingerprint density at radius 1 is 1.31 bits per heavy atom. The number of nitrogens with zero attached hydrogens (tertiary/aromatic N) is 1. The molecule has 0 bridgehead atoms. The van der Waals surface area contributed by atoms with Crippen molar-refractivity contribution in [3.8, 4) is 0 Å². The summed E-state index contributed by atoms with van der Waals surface area (Å²) in [5, 5.41) is 0. The van der Waals surface area contributed by atoms with Gasteiger partial charge in [0.05, 0.1) is 0 Å². The maximum absolute atomic E-state index is 13.3. The first-order valence-electron chi connectivity index (χ1n) is 4.60. The number of hydrogen-bond acceptors (Lipinski definition) is 1. The van der Waals surface area contributed by atoms with Gasteiger partial charge >= 0.3 is 0 Å². The fraction of sp³-hybridized carbons (Fsp3) is 0.364. The number of halogens is 1. The molecule has 0 aromatic heterocycles. The molecule has 1 aliphatic heterocycles. The Morgan fingerprint density at radius 2 is 2.15 bits per heavy atom. The largest absolute Gasteiger partial charge is 0.297 e. The van der Waals surface area contributed by atoms with E-state index in [-0.39, 0.29) is 11.7 Å². The summed E-state index contributed by atoms with van der Waals surface area (Å²) in [6.45, 7) is 0.737. The van der Waals surface area contributed by atoms with Crippen LogP contribution in [0.1, 0.15) is 24.3 Å². The van der Waals surface area contributed by atoms with Crippen LogP contribution in [0.15, 0.2) is 29.3 Å². The van der Waals surface area contributed by atoms with Gasteiger partial charge in [-0.1, -0.05) is 18.2 Å². The van der Waals surface area contributed by atoms with E-state index in [1.54, 1.807) is 6.07 Å². The van der Waals surface area contributed by atoms with Gasteiger partial charge in [-0.05, 0) is 30.7 Å². The number of benzene rings is 1. The zero-order chi connectivity index (χ0) is 9.10. The zero-order valence-corrected chi connectivity index (χ0v) is 7.41. The second-order valence-electron chi connectivity index (χ2n) is 3.34. The first kappa shape index (κ1) is 8.42. The maximum atomic E-state index is 13.3. The summed E-state index contributed by atoms with van der Waals surface area (Å²) in [6, 6.07) is 7.00. The van der Waals surface area contributed by atoms with Gasteiger partial charge in [-0.15, -0.1) is 0 Å². The lowest BCUT2D eigenvalue weighted by Crippen LogP contribution is -2.09. The van der Waals surface area contributed by atoms with E-state index in [9.17, 15) is 4.39 Å². The van der Waals surface area contributed by atoms with Gasteiger partial charge in [0, 0.05) is 12.5 Å². The van der Waals surface area contributed by atoms with Crippen LogP contribution in [0.5, 0.6) is 0 Å². The van der Waals surface area contributed by atoms with E-state index in [1.807, 2.05) is 18.3 Å². The van der Waals surface area contributed by atoms with Gasteiger partial charge in [0.1, 0.15) is 5.82 Å². The Morgan fingerprint density at radius 3 is 2.85 bits per heavy atom. The van der Waals surface area contributed by atoms with Crippen molar-refractivity contribution in [2.45, 2.75) is 18.8 Å². The average Bonchev–Trinajstić information content (AvgIpc) is 2.20. The summed E-state index contributed by atoms with van der Waals surface area (Å²) < 4.78 is 13.3. The molecule has 1 aromatic carbocycles. The molecule has 0 spiro atoms. The number of hydrogen-bond donors (Lipinski definition) is 0. The van der Waals surface area contributed by atoms with Crippen molar-refractivity contribution in [2.75, 3.05) is 6.54 Å². The van der Waals surface area contributed by atoms with Gasteiger partial charge in [-0.25, -0.2) is 4.39 Å². The molecule has 1 unspecified atom stereocenters. The Hall–Kier alpha value is -1.18. The van der Waals surface area contributed by atoms with Gasteiger partial charge in [-0.3, -0.25) is 4.99 Å². The standard InChI is InChI=1S/C11H12FN/c12-11-6-2-1-5-10(11)9-4-3-7-13-8-9/h1-2,5-7,9H,3-4,8H2. The Labute approximate surface area is 77.3 Å².